The lowest BCUT2D eigenvalue weighted by molar-refractivity contribution is 0.0790. The van der Waals surface area contributed by atoms with Crippen LogP contribution in [0, 0.1) is 6.92 Å². The van der Waals surface area contributed by atoms with E-state index in [9.17, 15) is 4.79 Å². The maximum Gasteiger partial charge on any atom is 0.253 e. The van der Waals surface area contributed by atoms with Crippen molar-refractivity contribution in [3.05, 3.63) is 84.1 Å². The van der Waals surface area contributed by atoms with Crippen molar-refractivity contribution in [2.75, 3.05) is 13.1 Å². The Kier molecular flexibility index (Phi) is 4.31. The Morgan fingerprint density at radius 3 is 2.76 bits per heavy atom. The molecule has 0 N–H and O–H groups in total. The monoisotopic (exact) mass is 383 g/mol. The van der Waals surface area contributed by atoms with E-state index in [-0.39, 0.29) is 11.8 Å². The Balaban J connectivity index is 1.37. The minimum Gasteiger partial charge on any atom is -0.338 e. The van der Waals surface area contributed by atoms with Gasteiger partial charge in [-0.25, -0.2) is 9.50 Å². The van der Waals surface area contributed by atoms with Gasteiger partial charge in [-0.2, -0.15) is 5.10 Å². The number of fused-ring (bicyclic) bond motifs is 1. The third kappa shape index (κ3) is 3.38. The summed E-state index contributed by atoms with van der Waals surface area (Å²) in [5.41, 5.74) is 4.82. The van der Waals surface area contributed by atoms with E-state index in [1.165, 1.54) is 0 Å². The third-order valence-corrected chi connectivity index (χ3v) is 5.47. The highest BCUT2D eigenvalue weighted by atomic mass is 16.2. The summed E-state index contributed by atoms with van der Waals surface area (Å²) in [5.74, 6) is 1.05. The molecule has 1 unspecified atom stereocenters. The standard InChI is InChI=1S/C23H21N5O/c1-16-3-2-4-18(13-16)23(29)27-12-9-20(14-27)22-25-21-6-5-19(15-28(21)26-22)17-7-10-24-11-8-17/h2-8,10-11,13,15,20H,9,12,14H2,1H3. The van der Waals surface area contributed by atoms with Gasteiger partial charge in [0.25, 0.3) is 5.91 Å². The van der Waals surface area contributed by atoms with Crippen molar-refractivity contribution in [2.45, 2.75) is 19.3 Å². The number of aromatic nitrogens is 4. The van der Waals surface area contributed by atoms with Crippen LogP contribution in [0.2, 0.25) is 0 Å². The lowest BCUT2D eigenvalue weighted by atomic mass is 10.1. The third-order valence-electron chi connectivity index (χ3n) is 5.47. The molecule has 1 aromatic carbocycles. The first-order chi connectivity index (χ1) is 14.2. The number of rotatable bonds is 3. The van der Waals surface area contributed by atoms with Gasteiger partial charge < -0.3 is 4.90 Å². The number of benzene rings is 1. The number of carbonyl (C=O) groups is 1. The summed E-state index contributed by atoms with van der Waals surface area (Å²) in [4.78, 5) is 23.5. The van der Waals surface area contributed by atoms with Gasteiger partial charge in [0, 0.05) is 48.7 Å². The van der Waals surface area contributed by atoms with Crippen LogP contribution in [0.3, 0.4) is 0 Å². The van der Waals surface area contributed by atoms with Crippen LogP contribution in [-0.2, 0) is 0 Å². The molecule has 1 aliphatic heterocycles. The van der Waals surface area contributed by atoms with E-state index in [0.29, 0.717) is 6.54 Å². The van der Waals surface area contributed by atoms with Crippen LogP contribution in [-0.4, -0.2) is 43.5 Å². The zero-order chi connectivity index (χ0) is 19.8. The number of aryl methyl sites for hydroxylation is 1. The van der Waals surface area contributed by atoms with E-state index < -0.39 is 0 Å². The molecule has 1 saturated heterocycles. The van der Waals surface area contributed by atoms with Crippen LogP contribution in [0.1, 0.15) is 34.1 Å². The Morgan fingerprint density at radius 2 is 1.93 bits per heavy atom. The highest BCUT2D eigenvalue weighted by Crippen LogP contribution is 2.27. The number of pyridine rings is 2. The van der Waals surface area contributed by atoms with Crippen molar-refractivity contribution >= 4 is 11.6 Å². The molecule has 0 radical (unpaired) electrons. The maximum absolute atomic E-state index is 12.8. The fourth-order valence-electron chi connectivity index (χ4n) is 3.90. The van der Waals surface area contributed by atoms with Crippen LogP contribution in [0.5, 0.6) is 0 Å². The van der Waals surface area contributed by atoms with Crippen molar-refractivity contribution < 1.29 is 4.79 Å². The van der Waals surface area contributed by atoms with Crippen molar-refractivity contribution in [1.29, 1.82) is 0 Å². The molecule has 0 aliphatic carbocycles. The average Bonchev–Trinajstić information content (AvgIpc) is 3.40. The van der Waals surface area contributed by atoms with E-state index in [0.717, 1.165) is 46.7 Å². The molecule has 4 aromatic rings. The smallest absolute Gasteiger partial charge is 0.253 e. The molecular formula is C23H21N5O. The second kappa shape index (κ2) is 7.13. The molecule has 5 rings (SSSR count). The van der Waals surface area contributed by atoms with E-state index in [1.54, 1.807) is 12.4 Å². The highest BCUT2D eigenvalue weighted by molar-refractivity contribution is 5.94. The van der Waals surface area contributed by atoms with Gasteiger partial charge in [0.05, 0.1) is 0 Å². The Bertz CT molecular complexity index is 1180. The molecule has 1 fully saturated rings. The SMILES string of the molecule is Cc1cccc(C(=O)N2CCC(c3nc4ccc(-c5ccncc5)cn4n3)C2)c1. The minimum atomic E-state index is 0.0833. The zero-order valence-electron chi connectivity index (χ0n) is 16.2. The van der Waals surface area contributed by atoms with Gasteiger partial charge in [0.2, 0.25) is 0 Å². The summed E-state index contributed by atoms with van der Waals surface area (Å²) in [6, 6.07) is 15.7. The van der Waals surface area contributed by atoms with Gasteiger partial charge in [-0.3, -0.25) is 9.78 Å². The van der Waals surface area contributed by atoms with Crippen LogP contribution in [0.25, 0.3) is 16.8 Å². The summed E-state index contributed by atoms with van der Waals surface area (Å²) in [7, 11) is 0. The fraction of sp³-hybridized carbons (Fsp3) is 0.217. The summed E-state index contributed by atoms with van der Waals surface area (Å²) in [5, 5.41) is 4.71. The van der Waals surface area contributed by atoms with Gasteiger partial charge in [-0.1, -0.05) is 17.7 Å². The molecular weight excluding hydrogens is 362 g/mol. The molecule has 0 spiro atoms. The second-order valence-corrected chi connectivity index (χ2v) is 7.53. The number of hydrogen-bond acceptors (Lipinski definition) is 4. The molecule has 1 aliphatic rings. The van der Waals surface area contributed by atoms with Crippen LogP contribution in [0.15, 0.2) is 67.1 Å². The first-order valence-corrected chi connectivity index (χ1v) is 9.80. The largest absolute Gasteiger partial charge is 0.338 e. The quantitative estimate of drug-likeness (QED) is 0.541. The van der Waals surface area contributed by atoms with E-state index >= 15 is 0 Å². The summed E-state index contributed by atoms with van der Waals surface area (Å²) >= 11 is 0. The second-order valence-electron chi connectivity index (χ2n) is 7.53. The van der Waals surface area contributed by atoms with Gasteiger partial charge in [0.15, 0.2) is 11.5 Å². The van der Waals surface area contributed by atoms with Crippen molar-refractivity contribution in [3.8, 4) is 11.1 Å². The molecule has 0 bridgehead atoms. The topological polar surface area (TPSA) is 63.4 Å². The van der Waals surface area contributed by atoms with Gasteiger partial charge in [-0.05, 0) is 55.3 Å². The van der Waals surface area contributed by atoms with Crippen molar-refractivity contribution in [3.63, 3.8) is 0 Å². The maximum atomic E-state index is 12.8. The molecule has 4 heterocycles. The van der Waals surface area contributed by atoms with E-state index in [2.05, 4.69) is 4.98 Å². The van der Waals surface area contributed by atoms with Crippen LogP contribution >= 0.6 is 0 Å². The Hall–Kier alpha value is -3.54. The first-order valence-electron chi connectivity index (χ1n) is 9.80. The summed E-state index contributed by atoms with van der Waals surface area (Å²) < 4.78 is 1.83. The molecule has 6 heteroatoms. The van der Waals surface area contributed by atoms with Crippen LogP contribution in [0.4, 0.5) is 0 Å². The van der Waals surface area contributed by atoms with E-state index in [4.69, 9.17) is 10.1 Å². The zero-order valence-corrected chi connectivity index (χ0v) is 16.2. The molecule has 1 amide bonds. The number of nitrogens with zero attached hydrogens (tertiary/aromatic N) is 5. The molecule has 3 aromatic heterocycles. The highest BCUT2D eigenvalue weighted by Gasteiger charge is 2.30. The molecule has 6 nitrogen and oxygen atoms in total. The van der Waals surface area contributed by atoms with Crippen molar-refractivity contribution in [1.82, 2.24) is 24.5 Å². The molecule has 0 saturated carbocycles. The minimum absolute atomic E-state index is 0.0833. The number of likely N-dealkylation sites (tertiary alicyclic amines) is 1. The lowest BCUT2D eigenvalue weighted by Crippen LogP contribution is -2.28. The van der Waals surface area contributed by atoms with Gasteiger partial charge in [0.1, 0.15) is 0 Å². The van der Waals surface area contributed by atoms with Gasteiger partial charge >= 0.3 is 0 Å². The predicted molar refractivity (Wildman–Crippen MR) is 111 cm³/mol. The van der Waals surface area contributed by atoms with Crippen LogP contribution < -0.4 is 0 Å². The number of amides is 1. The Morgan fingerprint density at radius 1 is 1.07 bits per heavy atom. The molecule has 29 heavy (non-hydrogen) atoms. The number of carbonyl (C=O) groups excluding carboxylic acids is 1. The summed E-state index contributed by atoms with van der Waals surface area (Å²) in [6.45, 7) is 3.39. The Labute approximate surface area is 168 Å². The van der Waals surface area contributed by atoms with Crippen molar-refractivity contribution in [2.24, 2.45) is 0 Å². The number of hydrogen-bond donors (Lipinski definition) is 0. The first kappa shape index (κ1) is 17.6. The fourth-order valence-corrected chi connectivity index (χ4v) is 3.90. The predicted octanol–water partition coefficient (Wildman–Crippen LogP) is 3.73. The van der Waals surface area contributed by atoms with E-state index in [1.807, 2.05) is 71.1 Å². The lowest BCUT2D eigenvalue weighted by Gasteiger charge is -2.16. The summed E-state index contributed by atoms with van der Waals surface area (Å²) in [6.07, 6.45) is 6.44. The molecule has 144 valence electrons. The van der Waals surface area contributed by atoms with Gasteiger partial charge in [-0.15, -0.1) is 0 Å². The molecule has 1 atom stereocenters. The average molecular weight is 383 g/mol. The normalized spacial score (nSPS) is 16.4.